The van der Waals surface area contributed by atoms with Crippen LogP contribution in [0.5, 0.6) is 0 Å². The molecule has 1 aliphatic rings. The van der Waals surface area contributed by atoms with Crippen LogP contribution in [0.25, 0.3) is 0 Å². The highest BCUT2D eigenvalue weighted by molar-refractivity contribution is 5.81. The van der Waals surface area contributed by atoms with Gasteiger partial charge in [-0.05, 0) is 0 Å². The van der Waals surface area contributed by atoms with Gasteiger partial charge in [0, 0.05) is 32.6 Å². The van der Waals surface area contributed by atoms with Crippen molar-refractivity contribution in [1.82, 2.24) is 10.6 Å². The zero-order chi connectivity index (χ0) is 22.8. The number of nitrogens with one attached hydrogen (secondary N) is 2. The monoisotopic (exact) mass is 439 g/mol. The first-order chi connectivity index (χ1) is 14.1. The SMILES string of the molecule is C=C(O)[C@H]1O[C@@H](O[C@@H]([C@H](O)[C@@H](O)C(=O)NCCNCCN)[C@H](O)CO)[C@H](O)C[C@H]1O. The van der Waals surface area contributed by atoms with Crippen LogP contribution in [0.15, 0.2) is 12.3 Å². The van der Waals surface area contributed by atoms with E-state index in [1.165, 1.54) is 0 Å². The molecule has 0 spiro atoms. The van der Waals surface area contributed by atoms with Gasteiger partial charge >= 0.3 is 0 Å². The lowest BCUT2D eigenvalue weighted by molar-refractivity contribution is -0.298. The Kier molecular flexibility index (Phi) is 11.6. The predicted molar refractivity (Wildman–Crippen MR) is 102 cm³/mol. The Balaban J connectivity index is 2.77. The topological polar surface area (TPSA) is 227 Å². The number of hydrogen-bond acceptors (Lipinski definition) is 12. The Morgan fingerprint density at radius 1 is 1.20 bits per heavy atom. The average Bonchev–Trinajstić information content (AvgIpc) is 2.71. The van der Waals surface area contributed by atoms with Crippen LogP contribution >= 0.6 is 0 Å². The van der Waals surface area contributed by atoms with Crippen molar-refractivity contribution < 1.29 is 50.0 Å². The fourth-order valence-corrected chi connectivity index (χ4v) is 2.83. The van der Waals surface area contributed by atoms with E-state index in [-0.39, 0.29) is 13.0 Å². The second-order valence-corrected chi connectivity index (χ2v) is 6.90. The summed E-state index contributed by atoms with van der Waals surface area (Å²) in [5, 5.41) is 74.3. The molecule has 13 heteroatoms. The summed E-state index contributed by atoms with van der Waals surface area (Å²) < 4.78 is 10.5. The summed E-state index contributed by atoms with van der Waals surface area (Å²) >= 11 is 0. The lowest BCUT2D eigenvalue weighted by Gasteiger charge is -2.39. The molecule has 11 N–H and O–H groups in total. The fraction of sp³-hybridized carbons (Fsp3) is 0.824. The van der Waals surface area contributed by atoms with Gasteiger partial charge < -0.3 is 61.6 Å². The van der Waals surface area contributed by atoms with Gasteiger partial charge in [0.1, 0.15) is 36.3 Å². The van der Waals surface area contributed by atoms with E-state index >= 15 is 0 Å². The molecule has 0 aromatic rings. The molecule has 1 amide bonds. The smallest absolute Gasteiger partial charge is 0.251 e. The number of aliphatic hydroxyl groups is 7. The molecule has 0 saturated carbocycles. The molecule has 0 aromatic heterocycles. The van der Waals surface area contributed by atoms with E-state index in [1.807, 2.05) is 0 Å². The molecule has 0 aromatic carbocycles. The van der Waals surface area contributed by atoms with Crippen molar-refractivity contribution in [3.05, 3.63) is 12.3 Å². The van der Waals surface area contributed by atoms with Gasteiger partial charge in [0.15, 0.2) is 12.4 Å². The van der Waals surface area contributed by atoms with Gasteiger partial charge in [0.25, 0.3) is 5.91 Å². The number of aliphatic hydroxyl groups excluding tert-OH is 7. The fourth-order valence-electron chi connectivity index (χ4n) is 2.83. The first-order valence-corrected chi connectivity index (χ1v) is 9.52. The second kappa shape index (κ2) is 13.1. The van der Waals surface area contributed by atoms with Crippen LogP contribution in [-0.2, 0) is 14.3 Å². The summed E-state index contributed by atoms with van der Waals surface area (Å²) in [5.41, 5.74) is 5.31. The number of amides is 1. The van der Waals surface area contributed by atoms with E-state index in [0.717, 1.165) is 0 Å². The highest BCUT2D eigenvalue weighted by Crippen LogP contribution is 2.26. The van der Waals surface area contributed by atoms with Crippen molar-refractivity contribution in [2.45, 2.75) is 55.4 Å². The molecule has 1 aliphatic heterocycles. The van der Waals surface area contributed by atoms with Crippen molar-refractivity contribution in [2.75, 3.05) is 32.8 Å². The summed E-state index contributed by atoms with van der Waals surface area (Å²) in [5.74, 6) is -1.50. The highest BCUT2D eigenvalue weighted by atomic mass is 16.7. The maximum absolute atomic E-state index is 12.0. The molecule has 0 aliphatic carbocycles. The number of carbonyl (C=O) groups excluding carboxylic acids is 1. The Hall–Kier alpha value is -1.39. The number of rotatable bonds is 13. The Morgan fingerprint density at radius 2 is 1.87 bits per heavy atom. The molecule has 176 valence electrons. The minimum atomic E-state index is -2.04. The molecule has 1 rings (SSSR count). The molecule has 0 radical (unpaired) electrons. The normalized spacial score (nSPS) is 28.4. The van der Waals surface area contributed by atoms with Gasteiger partial charge in [-0.15, -0.1) is 0 Å². The Morgan fingerprint density at radius 3 is 2.43 bits per heavy atom. The lowest BCUT2D eigenvalue weighted by Crippen LogP contribution is -2.57. The second-order valence-electron chi connectivity index (χ2n) is 6.90. The van der Waals surface area contributed by atoms with Crippen molar-refractivity contribution in [3.63, 3.8) is 0 Å². The molecule has 0 unspecified atom stereocenters. The summed E-state index contributed by atoms with van der Waals surface area (Å²) in [7, 11) is 0. The van der Waals surface area contributed by atoms with Crippen LogP contribution in [0.3, 0.4) is 0 Å². The molecule has 30 heavy (non-hydrogen) atoms. The molecular weight excluding hydrogens is 406 g/mol. The summed E-state index contributed by atoms with van der Waals surface area (Å²) in [6, 6.07) is 0. The number of ether oxygens (including phenoxy) is 2. The highest BCUT2D eigenvalue weighted by Gasteiger charge is 2.43. The largest absolute Gasteiger partial charge is 0.510 e. The third kappa shape index (κ3) is 7.70. The maximum atomic E-state index is 12.0. The van der Waals surface area contributed by atoms with Gasteiger partial charge in [0.05, 0.1) is 12.7 Å². The van der Waals surface area contributed by atoms with E-state index < -0.39 is 67.3 Å². The van der Waals surface area contributed by atoms with Gasteiger partial charge in [0.2, 0.25) is 0 Å². The summed E-state index contributed by atoms with van der Waals surface area (Å²) in [4.78, 5) is 12.0. The van der Waals surface area contributed by atoms with Gasteiger partial charge in [-0.25, -0.2) is 0 Å². The van der Waals surface area contributed by atoms with Crippen LogP contribution in [0, 0.1) is 0 Å². The minimum absolute atomic E-state index is 0.124. The first kappa shape index (κ1) is 26.6. The van der Waals surface area contributed by atoms with Crippen LogP contribution in [0.4, 0.5) is 0 Å². The zero-order valence-electron chi connectivity index (χ0n) is 16.5. The van der Waals surface area contributed by atoms with Crippen LogP contribution in [-0.4, -0.2) is 123 Å². The predicted octanol–water partition coefficient (Wildman–Crippen LogP) is -4.98. The number of nitrogens with two attached hydrogens (primary N) is 1. The van der Waals surface area contributed by atoms with Crippen LogP contribution in [0.1, 0.15) is 6.42 Å². The molecule has 1 saturated heterocycles. The van der Waals surface area contributed by atoms with Crippen molar-refractivity contribution in [2.24, 2.45) is 5.73 Å². The molecule has 1 heterocycles. The lowest BCUT2D eigenvalue weighted by atomic mass is 10.00. The van der Waals surface area contributed by atoms with E-state index in [0.29, 0.717) is 19.6 Å². The van der Waals surface area contributed by atoms with Crippen LogP contribution in [0.2, 0.25) is 0 Å². The zero-order valence-corrected chi connectivity index (χ0v) is 16.5. The van der Waals surface area contributed by atoms with Gasteiger partial charge in [-0.3, -0.25) is 4.79 Å². The number of carbonyl (C=O) groups is 1. The minimum Gasteiger partial charge on any atom is -0.510 e. The molecule has 8 atom stereocenters. The van der Waals surface area contributed by atoms with Crippen molar-refractivity contribution in [3.8, 4) is 0 Å². The molecule has 0 bridgehead atoms. The Labute approximate surface area is 173 Å². The summed E-state index contributed by atoms with van der Waals surface area (Å²) in [6.45, 7) is 3.76. The average molecular weight is 439 g/mol. The maximum Gasteiger partial charge on any atom is 0.251 e. The van der Waals surface area contributed by atoms with E-state index in [4.69, 9.17) is 15.2 Å². The molecule has 13 nitrogen and oxygen atoms in total. The van der Waals surface area contributed by atoms with Gasteiger partial charge in [-0.2, -0.15) is 0 Å². The molecular formula is C17H33N3O10. The third-order valence-electron chi connectivity index (χ3n) is 4.46. The van der Waals surface area contributed by atoms with E-state index in [1.54, 1.807) is 0 Å². The third-order valence-corrected chi connectivity index (χ3v) is 4.46. The molecule has 1 fully saturated rings. The Bertz CT molecular complexity index is 540. The standard InChI is InChI=1S/C17H33N3O10/c1-8(22)14-9(23)6-10(24)17(29-14)30-15(11(25)7-21)12(26)13(27)16(28)20-5-4-19-3-2-18/h9-15,17,19,21-27H,1-7,18H2,(H,20,28)/t9-,10-,11-,12-,13-,14-,15-,17+/m1/s1. The van der Waals surface area contributed by atoms with Crippen molar-refractivity contribution in [1.29, 1.82) is 0 Å². The summed E-state index contributed by atoms with van der Waals surface area (Å²) in [6.07, 6.45) is -13.4. The van der Waals surface area contributed by atoms with E-state index in [9.17, 15) is 40.5 Å². The quantitative estimate of drug-likeness (QED) is 0.0961. The first-order valence-electron chi connectivity index (χ1n) is 9.52. The van der Waals surface area contributed by atoms with Crippen molar-refractivity contribution >= 4 is 5.91 Å². The van der Waals surface area contributed by atoms with E-state index in [2.05, 4.69) is 17.2 Å². The van der Waals surface area contributed by atoms with Crippen LogP contribution < -0.4 is 16.4 Å². The number of hydrogen-bond donors (Lipinski definition) is 10. The van der Waals surface area contributed by atoms with Gasteiger partial charge in [-0.1, -0.05) is 6.58 Å².